The Bertz CT molecular complexity index is 716. The quantitative estimate of drug-likeness (QED) is 0.800. The van der Waals surface area contributed by atoms with Crippen LogP contribution in [-0.4, -0.2) is 32.5 Å². The molecular formula is C15H19N3O3S2. The van der Waals surface area contributed by atoms with E-state index in [4.69, 9.17) is 0 Å². The number of carbonyl (C=O) groups is 1. The predicted molar refractivity (Wildman–Crippen MR) is 90.2 cm³/mol. The molecule has 0 spiro atoms. The fourth-order valence-corrected chi connectivity index (χ4v) is 4.87. The number of nitrogens with zero attached hydrogens (tertiary/aromatic N) is 1. The van der Waals surface area contributed by atoms with Gasteiger partial charge in [0.2, 0.25) is 0 Å². The lowest BCUT2D eigenvalue weighted by molar-refractivity contribution is 0.241. The Hall–Kier alpha value is -1.93. The lowest BCUT2D eigenvalue weighted by Crippen LogP contribution is -2.39. The van der Waals surface area contributed by atoms with Crippen molar-refractivity contribution in [2.45, 2.75) is 22.8 Å². The number of hydrogen-bond donors (Lipinski definition) is 2. The molecule has 0 bridgehead atoms. The second kappa shape index (κ2) is 8.07. The van der Waals surface area contributed by atoms with Gasteiger partial charge in [-0.3, -0.25) is 4.98 Å². The van der Waals surface area contributed by atoms with Gasteiger partial charge < -0.3 is 10.6 Å². The van der Waals surface area contributed by atoms with Crippen LogP contribution in [0.3, 0.4) is 0 Å². The zero-order chi connectivity index (χ0) is 16.7. The van der Waals surface area contributed by atoms with Gasteiger partial charge >= 0.3 is 6.03 Å². The number of carbonyl (C=O) groups excluding carboxylic acids is 1. The molecule has 2 amide bonds. The molecular weight excluding hydrogens is 334 g/mol. The van der Waals surface area contributed by atoms with E-state index in [0.29, 0.717) is 12.1 Å². The minimum atomic E-state index is -3.59. The summed E-state index contributed by atoms with van der Waals surface area (Å²) in [7, 11) is -3.59. The molecule has 0 saturated heterocycles. The molecule has 0 saturated carbocycles. The molecule has 0 aliphatic heterocycles. The molecule has 0 fully saturated rings. The minimum Gasteiger partial charge on any atom is -0.338 e. The van der Waals surface area contributed by atoms with Gasteiger partial charge in [-0.1, -0.05) is 19.1 Å². The highest BCUT2D eigenvalue weighted by atomic mass is 32.2. The van der Waals surface area contributed by atoms with Crippen LogP contribution < -0.4 is 10.6 Å². The number of hydrogen-bond acceptors (Lipinski definition) is 5. The molecule has 2 heterocycles. The van der Waals surface area contributed by atoms with Crippen LogP contribution >= 0.6 is 11.3 Å². The second-order valence-electron chi connectivity index (χ2n) is 4.89. The molecule has 23 heavy (non-hydrogen) atoms. The molecule has 0 radical (unpaired) electrons. The summed E-state index contributed by atoms with van der Waals surface area (Å²) >= 11 is 1.16. The van der Waals surface area contributed by atoms with Gasteiger partial charge in [-0.2, -0.15) is 0 Å². The summed E-state index contributed by atoms with van der Waals surface area (Å²) in [5.41, 5.74) is 0.552. The van der Waals surface area contributed by atoms with E-state index in [-0.39, 0.29) is 16.8 Å². The maximum atomic E-state index is 12.8. The van der Waals surface area contributed by atoms with Crippen LogP contribution in [0.15, 0.2) is 46.2 Å². The summed E-state index contributed by atoms with van der Waals surface area (Å²) in [6, 6.07) is 6.28. The van der Waals surface area contributed by atoms with Crippen molar-refractivity contribution in [1.29, 1.82) is 0 Å². The van der Waals surface area contributed by atoms with Crippen molar-refractivity contribution >= 4 is 27.2 Å². The van der Waals surface area contributed by atoms with Gasteiger partial charge in [0.1, 0.15) is 9.46 Å². The SMILES string of the molecule is CCCNC(=O)NC[C@@H](c1cccnc1)S(=O)(=O)c1cccs1. The highest BCUT2D eigenvalue weighted by Gasteiger charge is 2.30. The van der Waals surface area contributed by atoms with Crippen molar-refractivity contribution in [3.63, 3.8) is 0 Å². The first-order valence-electron chi connectivity index (χ1n) is 7.24. The average molecular weight is 353 g/mol. The smallest absolute Gasteiger partial charge is 0.314 e. The molecule has 2 N–H and O–H groups in total. The standard InChI is InChI=1S/C15H19N3O3S2/c1-2-7-17-15(19)18-11-13(12-5-3-8-16-10-12)23(20,21)14-6-4-9-22-14/h3-6,8-10,13H,2,7,11H2,1H3,(H2,17,18,19)/t13-/m0/s1. The van der Waals surface area contributed by atoms with Gasteiger partial charge in [-0.15, -0.1) is 11.3 Å². The number of urea groups is 1. The van der Waals surface area contributed by atoms with Crippen molar-refractivity contribution < 1.29 is 13.2 Å². The van der Waals surface area contributed by atoms with Gasteiger partial charge in [-0.05, 0) is 29.5 Å². The van der Waals surface area contributed by atoms with Gasteiger partial charge in [0.05, 0.1) is 0 Å². The first-order chi connectivity index (χ1) is 11.1. The zero-order valence-electron chi connectivity index (χ0n) is 12.7. The largest absolute Gasteiger partial charge is 0.338 e. The number of thiophene rings is 1. The predicted octanol–water partition coefficient (Wildman–Crippen LogP) is 2.37. The number of nitrogens with one attached hydrogen (secondary N) is 2. The van der Waals surface area contributed by atoms with E-state index < -0.39 is 15.1 Å². The third-order valence-corrected chi connectivity index (χ3v) is 6.72. The Kier molecular flexibility index (Phi) is 6.12. The fraction of sp³-hybridized carbons (Fsp3) is 0.333. The minimum absolute atomic E-state index is 0.0124. The zero-order valence-corrected chi connectivity index (χ0v) is 14.4. The monoisotopic (exact) mass is 353 g/mol. The van der Waals surface area contributed by atoms with Crippen LogP contribution in [0.2, 0.25) is 0 Å². The number of pyridine rings is 1. The Morgan fingerprint density at radius 2 is 2.13 bits per heavy atom. The number of sulfone groups is 1. The number of amides is 2. The molecule has 2 aromatic rings. The van der Waals surface area contributed by atoms with Crippen molar-refractivity contribution in [3.05, 3.63) is 47.6 Å². The van der Waals surface area contributed by atoms with E-state index >= 15 is 0 Å². The summed E-state index contributed by atoms with van der Waals surface area (Å²) < 4.78 is 25.9. The maximum Gasteiger partial charge on any atom is 0.314 e. The van der Waals surface area contributed by atoms with Crippen molar-refractivity contribution in [3.8, 4) is 0 Å². The Labute approximate surface area is 139 Å². The van der Waals surface area contributed by atoms with E-state index in [1.807, 2.05) is 6.92 Å². The Morgan fingerprint density at radius 1 is 1.30 bits per heavy atom. The third-order valence-electron chi connectivity index (χ3n) is 3.19. The van der Waals surface area contributed by atoms with Crippen LogP contribution in [0, 0.1) is 0 Å². The summed E-state index contributed by atoms with van der Waals surface area (Å²) in [6.45, 7) is 2.47. The van der Waals surface area contributed by atoms with Crippen LogP contribution in [0.25, 0.3) is 0 Å². The van der Waals surface area contributed by atoms with Gasteiger partial charge in [-0.25, -0.2) is 13.2 Å². The van der Waals surface area contributed by atoms with E-state index in [1.165, 1.54) is 6.20 Å². The number of aromatic nitrogens is 1. The van der Waals surface area contributed by atoms with Crippen LogP contribution in [0.4, 0.5) is 4.79 Å². The van der Waals surface area contributed by atoms with E-state index in [9.17, 15) is 13.2 Å². The molecule has 6 nitrogen and oxygen atoms in total. The van der Waals surface area contributed by atoms with E-state index in [1.54, 1.807) is 35.8 Å². The summed E-state index contributed by atoms with van der Waals surface area (Å²) in [6.07, 6.45) is 3.91. The lowest BCUT2D eigenvalue weighted by Gasteiger charge is -2.18. The Balaban J connectivity index is 2.22. The molecule has 2 rings (SSSR count). The fourth-order valence-electron chi connectivity index (χ4n) is 2.03. The van der Waals surface area contributed by atoms with Crippen LogP contribution in [0.1, 0.15) is 24.2 Å². The number of rotatable bonds is 7. The highest BCUT2D eigenvalue weighted by molar-refractivity contribution is 7.93. The molecule has 8 heteroatoms. The van der Waals surface area contributed by atoms with Crippen molar-refractivity contribution in [2.24, 2.45) is 0 Å². The van der Waals surface area contributed by atoms with Crippen LogP contribution in [-0.2, 0) is 9.84 Å². The molecule has 0 aromatic carbocycles. The van der Waals surface area contributed by atoms with Crippen molar-refractivity contribution in [2.75, 3.05) is 13.1 Å². The van der Waals surface area contributed by atoms with E-state index in [0.717, 1.165) is 17.8 Å². The molecule has 0 aliphatic rings. The van der Waals surface area contributed by atoms with Crippen LogP contribution in [0.5, 0.6) is 0 Å². The summed E-state index contributed by atoms with van der Waals surface area (Å²) in [4.78, 5) is 15.7. The molecule has 1 atom stereocenters. The molecule has 0 unspecified atom stereocenters. The maximum absolute atomic E-state index is 12.8. The molecule has 0 aliphatic carbocycles. The van der Waals surface area contributed by atoms with Gasteiger partial charge in [0.15, 0.2) is 9.84 Å². The van der Waals surface area contributed by atoms with Crippen molar-refractivity contribution in [1.82, 2.24) is 15.6 Å². The second-order valence-corrected chi connectivity index (χ2v) is 8.19. The summed E-state index contributed by atoms with van der Waals surface area (Å²) in [5.74, 6) is 0. The Morgan fingerprint density at radius 3 is 2.74 bits per heavy atom. The van der Waals surface area contributed by atoms with Gasteiger partial charge in [0.25, 0.3) is 0 Å². The summed E-state index contributed by atoms with van der Waals surface area (Å²) in [5, 5.41) is 6.14. The normalized spacial score (nSPS) is 12.6. The lowest BCUT2D eigenvalue weighted by atomic mass is 10.2. The molecule has 124 valence electrons. The third kappa shape index (κ3) is 4.52. The first-order valence-corrected chi connectivity index (χ1v) is 9.67. The topological polar surface area (TPSA) is 88.2 Å². The van der Waals surface area contributed by atoms with E-state index in [2.05, 4.69) is 15.6 Å². The first kappa shape index (κ1) is 17.4. The molecule has 2 aromatic heterocycles. The average Bonchev–Trinajstić information content (AvgIpc) is 3.09. The highest BCUT2D eigenvalue weighted by Crippen LogP contribution is 2.30. The van der Waals surface area contributed by atoms with Gasteiger partial charge in [0, 0.05) is 25.5 Å².